The van der Waals surface area contributed by atoms with E-state index in [1.54, 1.807) is 14.2 Å². The van der Waals surface area contributed by atoms with Gasteiger partial charge >= 0.3 is 0 Å². The summed E-state index contributed by atoms with van der Waals surface area (Å²) in [6.07, 6.45) is 0.963. The van der Waals surface area contributed by atoms with E-state index in [1.807, 2.05) is 18.2 Å². The van der Waals surface area contributed by atoms with Crippen LogP contribution < -0.4 is 4.90 Å². The number of ether oxygens (including phenoxy) is 2. The first kappa shape index (κ1) is 16.6. The predicted molar refractivity (Wildman–Crippen MR) is 81.6 cm³/mol. The first-order chi connectivity index (χ1) is 9.22. The molecule has 0 amide bonds. The van der Waals surface area contributed by atoms with Gasteiger partial charge in [0, 0.05) is 50.5 Å². The molecule has 0 aliphatic carbocycles. The largest absolute Gasteiger partial charge is 0.385 e. The molecule has 1 aromatic carbocycles. The summed E-state index contributed by atoms with van der Waals surface area (Å²) in [7, 11) is 3.42. The molecule has 0 bridgehead atoms. The standard InChI is InChI=1S/C14H21Cl2NO2/c1-18-8-3-6-17(7-9-19-2)14-5-4-13(16)10-12(14)11-15/h4-5,10H,3,6-9,11H2,1-2H3. The summed E-state index contributed by atoms with van der Waals surface area (Å²) < 4.78 is 10.3. The predicted octanol–water partition coefficient (Wildman–Crippen LogP) is 3.57. The molecule has 0 saturated heterocycles. The molecule has 0 atom stereocenters. The van der Waals surface area contributed by atoms with Gasteiger partial charge in [0.15, 0.2) is 0 Å². The molecule has 3 nitrogen and oxygen atoms in total. The second-order valence-electron chi connectivity index (χ2n) is 4.23. The molecule has 108 valence electrons. The van der Waals surface area contributed by atoms with Crippen molar-refractivity contribution in [3.05, 3.63) is 28.8 Å². The Kier molecular flexibility index (Phi) is 8.22. The van der Waals surface area contributed by atoms with Gasteiger partial charge < -0.3 is 14.4 Å². The van der Waals surface area contributed by atoms with Crippen LogP contribution in [0.1, 0.15) is 12.0 Å². The van der Waals surface area contributed by atoms with Gasteiger partial charge in [-0.1, -0.05) is 11.6 Å². The molecule has 1 aromatic rings. The van der Waals surface area contributed by atoms with Gasteiger partial charge in [0.05, 0.1) is 6.61 Å². The second kappa shape index (κ2) is 9.43. The monoisotopic (exact) mass is 305 g/mol. The lowest BCUT2D eigenvalue weighted by Crippen LogP contribution is -2.29. The summed E-state index contributed by atoms with van der Waals surface area (Å²) in [5, 5.41) is 0.711. The number of methoxy groups -OCH3 is 2. The molecular formula is C14H21Cl2NO2. The van der Waals surface area contributed by atoms with E-state index in [1.165, 1.54) is 0 Å². The minimum absolute atomic E-state index is 0.448. The van der Waals surface area contributed by atoms with Crippen molar-refractivity contribution in [3.63, 3.8) is 0 Å². The molecule has 1 rings (SSSR count). The van der Waals surface area contributed by atoms with E-state index in [-0.39, 0.29) is 0 Å². The average molecular weight is 306 g/mol. The number of halogens is 2. The lowest BCUT2D eigenvalue weighted by molar-refractivity contribution is 0.191. The number of rotatable bonds is 9. The molecular weight excluding hydrogens is 285 g/mol. The van der Waals surface area contributed by atoms with Gasteiger partial charge in [0.2, 0.25) is 0 Å². The quantitative estimate of drug-likeness (QED) is 0.514. The molecule has 0 unspecified atom stereocenters. The van der Waals surface area contributed by atoms with Crippen LogP contribution in [0.25, 0.3) is 0 Å². The summed E-state index contributed by atoms with van der Waals surface area (Å²) in [6.45, 7) is 3.15. The minimum atomic E-state index is 0.448. The van der Waals surface area contributed by atoms with Crippen molar-refractivity contribution in [2.75, 3.05) is 45.4 Å². The lowest BCUT2D eigenvalue weighted by atomic mass is 10.1. The summed E-state index contributed by atoms with van der Waals surface area (Å²) in [6, 6.07) is 5.82. The van der Waals surface area contributed by atoms with Crippen molar-refractivity contribution in [1.82, 2.24) is 0 Å². The maximum atomic E-state index is 6.01. The van der Waals surface area contributed by atoms with Crippen molar-refractivity contribution in [3.8, 4) is 0 Å². The van der Waals surface area contributed by atoms with Crippen molar-refractivity contribution in [2.45, 2.75) is 12.3 Å². The van der Waals surface area contributed by atoms with Crippen LogP contribution in [0, 0.1) is 0 Å². The van der Waals surface area contributed by atoms with E-state index >= 15 is 0 Å². The highest BCUT2D eigenvalue weighted by atomic mass is 35.5. The van der Waals surface area contributed by atoms with Crippen molar-refractivity contribution < 1.29 is 9.47 Å². The Morgan fingerprint density at radius 2 is 1.84 bits per heavy atom. The second-order valence-corrected chi connectivity index (χ2v) is 4.94. The molecule has 19 heavy (non-hydrogen) atoms. The molecule has 0 saturated carbocycles. The van der Waals surface area contributed by atoms with E-state index in [0.717, 1.165) is 37.4 Å². The minimum Gasteiger partial charge on any atom is -0.385 e. The Morgan fingerprint density at radius 3 is 2.47 bits per heavy atom. The summed E-state index contributed by atoms with van der Waals surface area (Å²) in [5.41, 5.74) is 2.16. The van der Waals surface area contributed by atoms with Crippen molar-refractivity contribution >= 4 is 28.9 Å². The van der Waals surface area contributed by atoms with Crippen LogP contribution in [0.5, 0.6) is 0 Å². The van der Waals surface area contributed by atoms with E-state index in [2.05, 4.69) is 4.90 Å². The zero-order valence-corrected chi connectivity index (χ0v) is 13.0. The molecule has 0 heterocycles. The van der Waals surface area contributed by atoms with E-state index in [4.69, 9.17) is 32.7 Å². The zero-order valence-electron chi connectivity index (χ0n) is 11.5. The Bertz CT molecular complexity index is 374. The van der Waals surface area contributed by atoms with Crippen LogP contribution in [0.2, 0.25) is 5.02 Å². The van der Waals surface area contributed by atoms with Gasteiger partial charge in [-0.05, 0) is 30.2 Å². The van der Waals surface area contributed by atoms with Crippen LogP contribution in [0.4, 0.5) is 5.69 Å². The molecule has 0 fully saturated rings. The lowest BCUT2D eigenvalue weighted by Gasteiger charge is -2.26. The number of anilines is 1. The first-order valence-corrected chi connectivity index (χ1v) is 7.21. The molecule has 0 N–H and O–H groups in total. The van der Waals surface area contributed by atoms with Crippen LogP contribution in [-0.2, 0) is 15.4 Å². The van der Waals surface area contributed by atoms with Gasteiger partial charge in [-0.2, -0.15) is 0 Å². The topological polar surface area (TPSA) is 21.7 Å². The summed E-state index contributed by atoms with van der Waals surface area (Å²) in [4.78, 5) is 2.26. The van der Waals surface area contributed by atoms with Gasteiger partial charge in [0.25, 0.3) is 0 Å². The van der Waals surface area contributed by atoms with Crippen LogP contribution >= 0.6 is 23.2 Å². The molecule has 0 aliphatic rings. The fourth-order valence-electron chi connectivity index (χ4n) is 1.92. The normalized spacial score (nSPS) is 10.7. The number of benzene rings is 1. The van der Waals surface area contributed by atoms with E-state index < -0.39 is 0 Å². The maximum absolute atomic E-state index is 6.01. The average Bonchev–Trinajstić information content (AvgIpc) is 2.43. The fraction of sp³-hybridized carbons (Fsp3) is 0.571. The van der Waals surface area contributed by atoms with Gasteiger partial charge in [-0.25, -0.2) is 0 Å². The zero-order chi connectivity index (χ0) is 14.1. The third-order valence-corrected chi connectivity index (χ3v) is 3.39. The Labute approximate surface area is 125 Å². The Morgan fingerprint density at radius 1 is 1.11 bits per heavy atom. The number of nitrogens with zero attached hydrogens (tertiary/aromatic N) is 1. The third-order valence-electron chi connectivity index (χ3n) is 2.87. The highest BCUT2D eigenvalue weighted by Crippen LogP contribution is 2.26. The molecule has 0 aromatic heterocycles. The van der Waals surface area contributed by atoms with E-state index in [0.29, 0.717) is 17.5 Å². The Hall–Kier alpha value is -0.480. The smallest absolute Gasteiger partial charge is 0.0637 e. The van der Waals surface area contributed by atoms with Crippen molar-refractivity contribution in [1.29, 1.82) is 0 Å². The van der Waals surface area contributed by atoms with Crippen molar-refractivity contribution in [2.24, 2.45) is 0 Å². The number of alkyl halides is 1. The molecule has 0 aliphatic heterocycles. The highest BCUT2D eigenvalue weighted by Gasteiger charge is 2.11. The van der Waals surface area contributed by atoms with Crippen LogP contribution in [0.3, 0.4) is 0 Å². The molecule has 0 spiro atoms. The van der Waals surface area contributed by atoms with Gasteiger partial charge in [-0.15, -0.1) is 11.6 Å². The Balaban J connectivity index is 2.82. The fourth-order valence-corrected chi connectivity index (χ4v) is 2.33. The summed E-state index contributed by atoms with van der Waals surface area (Å²) >= 11 is 12.0. The molecule has 0 radical (unpaired) electrons. The van der Waals surface area contributed by atoms with Crippen LogP contribution in [-0.4, -0.2) is 40.5 Å². The van der Waals surface area contributed by atoms with E-state index in [9.17, 15) is 0 Å². The third kappa shape index (κ3) is 5.57. The SMILES string of the molecule is COCCCN(CCOC)c1ccc(Cl)cc1CCl. The van der Waals surface area contributed by atoms with Gasteiger partial charge in [0.1, 0.15) is 0 Å². The van der Waals surface area contributed by atoms with Crippen LogP contribution in [0.15, 0.2) is 18.2 Å². The number of hydrogen-bond acceptors (Lipinski definition) is 3. The maximum Gasteiger partial charge on any atom is 0.0637 e. The first-order valence-electron chi connectivity index (χ1n) is 6.30. The summed E-state index contributed by atoms with van der Waals surface area (Å²) in [5.74, 6) is 0.448. The molecule has 5 heteroatoms. The highest BCUT2D eigenvalue weighted by molar-refractivity contribution is 6.30. The van der Waals surface area contributed by atoms with Gasteiger partial charge in [-0.3, -0.25) is 0 Å². The number of hydrogen-bond donors (Lipinski definition) is 0.